The Morgan fingerprint density at radius 2 is 1.66 bits per heavy atom. The average molecular weight is 828 g/mol. The molecule has 3 aliphatic heterocycles. The number of cyclic esters (lactones) is 1. The summed E-state index contributed by atoms with van der Waals surface area (Å²) in [6.45, 7) is 16.0. The highest BCUT2D eigenvalue weighted by atomic mass is 32.2. The molecule has 0 saturated carbocycles. The zero-order valence-electron chi connectivity index (χ0n) is 36.7. The van der Waals surface area contributed by atoms with Crippen LogP contribution in [0.2, 0.25) is 0 Å². The highest BCUT2D eigenvalue weighted by Crippen LogP contribution is 2.34. The van der Waals surface area contributed by atoms with Gasteiger partial charge in [-0.3, -0.25) is 24.2 Å². The number of benzene rings is 1. The molecule has 324 valence electrons. The van der Waals surface area contributed by atoms with Crippen molar-refractivity contribution in [3.05, 3.63) is 29.8 Å². The van der Waals surface area contributed by atoms with Crippen LogP contribution in [0.3, 0.4) is 0 Å². The molecule has 4 rings (SSSR count). The van der Waals surface area contributed by atoms with Crippen molar-refractivity contribution in [2.24, 2.45) is 28.2 Å². The van der Waals surface area contributed by atoms with Crippen LogP contribution in [0, 0.1) is 23.2 Å². The number of hydrogen-bond acceptors (Lipinski definition) is 10. The van der Waals surface area contributed by atoms with Gasteiger partial charge in [-0.25, -0.2) is 4.79 Å². The molecule has 14 heteroatoms. The Morgan fingerprint density at radius 1 is 0.983 bits per heavy atom. The number of rotatable bonds is 5. The first kappa shape index (κ1) is 47.0. The zero-order valence-corrected chi connectivity index (χ0v) is 37.5. The van der Waals surface area contributed by atoms with E-state index in [9.17, 15) is 29.1 Å². The van der Waals surface area contributed by atoms with Crippen LogP contribution in [0.1, 0.15) is 106 Å². The van der Waals surface area contributed by atoms with Crippen molar-refractivity contribution < 1.29 is 38.6 Å². The molecular weight excluding hydrogens is 759 g/mol. The number of aliphatic hydroxyl groups excluding tert-OH is 1. The molecule has 4 amide bonds. The van der Waals surface area contributed by atoms with Crippen molar-refractivity contribution in [1.29, 1.82) is 0 Å². The standard InChI is InChI=1S/C44H69N5O8S/c1-12-27(3)38-42(54)49-21-13-14-34(49)43(55)57-36(44(6,7)8)23-26(2)22-35(50)28(4)39-45-31(25-58-39)17-20-37(51)46-33(24-30-15-18-32(56-11)19-16-30)41(53)47(9)29(5)40(52)48(38)10/h15-16,18-19,26-29,31,33-36,38,50H,12-14,17,20-25H2,1-11H3,(H,46,51). The molecule has 2 bridgehead atoms. The fourth-order valence-electron chi connectivity index (χ4n) is 8.13. The van der Waals surface area contributed by atoms with E-state index in [1.54, 1.807) is 56.9 Å². The van der Waals surface area contributed by atoms with Gasteiger partial charge in [-0.1, -0.05) is 67.0 Å². The molecule has 0 aliphatic carbocycles. The first-order valence-electron chi connectivity index (χ1n) is 21.1. The first-order valence-corrected chi connectivity index (χ1v) is 22.1. The summed E-state index contributed by atoms with van der Waals surface area (Å²) >= 11 is 1.60. The van der Waals surface area contributed by atoms with Gasteiger partial charge in [-0.05, 0) is 74.0 Å². The second-order valence-corrected chi connectivity index (χ2v) is 19.0. The number of likely N-dealkylation sites (N-methyl/N-ethyl adjacent to an activating group) is 2. The van der Waals surface area contributed by atoms with E-state index in [0.717, 1.165) is 10.6 Å². The Bertz CT molecular complexity index is 1630. The minimum Gasteiger partial charge on any atom is -0.497 e. The molecule has 1 aromatic carbocycles. The lowest BCUT2D eigenvalue weighted by atomic mass is 9.81. The SMILES string of the molecule is CCC(C)C1C(=O)N2CCCC2C(=O)OC(C(C)(C)C)CC(C)CC(O)C(C)C2=NC(CCC(=O)NC(Cc3ccc(OC)cc3)C(=O)N(C)C(C)C(=O)N1C)CS2. The molecule has 1 aromatic rings. The molecule has 10 atom stereocenters. The number of nitrogens with zero attached hydrogens (tertiary/aromatic N) is 4. The first-order chi connectivity index (χ1) is 27.3. The van der Waals surface area contributed by atoms with Gasteiger partial charge in [-0.15, -0.1) is 11.8 Å². The predicted octanol–water partition coefficient (Wildman–Crippen LogP) is 5.11. The number of hydrogen-bond donors (Lipinski definition) is 2. The van der Waals surface area contributed by atoms with Crippen LogP contribution in [-0.4, -0.2) is 130 Å². The van der Waals surface area contributed by atoms with E-state index in [-0.39, 0.29) is 48.5 Å². The van der Waals surface area contributed by atoms with Crippen molar-refractivity contribution in [1.82, 2.24) is 20.0 Å². The van der Waals surface area contributed by atoms with E-state index in [4.69, 9.17) is 14.5 Å². The van der Waals surface area contributed by atoms with Crippen molar-refractivity contribution in [2.45, 2.75) is 149 Å². The maximum absolute atomic E-state index is 14.6. The molecule has 3 aliphatic rings. The summed E-state index contributed by atoms with van der Waals surface area (Å²) in [4.78, 5) is 80.0. The quantitative estimate of drug-likeness (QED) is 0.385. The lowest BCUT2D eigenvalue weighted by Gasteiger charge is -2.39. The molecule has 0 radical (unpaired) electrons. The number of thioether (sulfide) groups is 1. The molecule has 3 heterocycles. The Morgan fingerprint density at radius 3 is 2.28 bits per heavy atom. The monoisotopic (exact) mass is 827 g/mol. The van der Waals surface area contributed by atoms with Gasteiger partial charge >= 0.3 is 5.97 Å². The molecular formula is C44H69N5O8S. The summed E-state index contributed by atoms with van der Waals surface area (Å²) in [7, 11) is 4.70. The Labute approximate surface area is 350 Å². The van der Waals surface area contributed by atoms with E-state index in [2.05, 4.69) is 12.2 Å². The lowest BCUT2D eigenvalue weighted by molar-refractivity contribution is -0.166. The molecule has 1 fully saturated rings. The highest BCUT2D eigenvalue weighted by Gasteiger charge is 2.44. The highest BCUT2D eigenvalue weighted by molar-refractivity contribution is 8.14. The molecule has 1 saturated heterocycles. The molecule has 0 spiro atoms. The third kappa shape index (κ3) is 11.8. The van der Waals surface area contributed by atoms with Crippen molar-refractivity contribution in [2.75, 3.05) is 33.5 Å². The van der Waals surface area contributed by atoms with Gasteiger partial charge in [0.25, 0.3) is 0 Å². The number of methoxy groups -OCH3 is 1. The fourth-order valence-corrected chi connectivity index (χ4v) is 9.38. The normalized spacial score (nSPS) is 31.2. The van der Waals surface area contributed by atoms with Crippen LogP contribution < -0.4 is 10.1 Å². The van der Waals surface area contributed by atoms with Gasteiger partial charge in [0.15, 0.2) is 0 Å². The van der Waals surface area contributed by atoms with E-state index < -0.39 is 59.6 Å². The number of amides is 4. The van der Waals surface area contributed by atoms with Gasteiger partial charge < -0.3 is 34.6 Å². The number of aliphatic hydroxyl groups is 1. The number of carbonyl (C=O) groups excluding carboxylic acids is 5. The third-order valence-corrected chi connectivity index (χ3v) is 13.7. The minimum absolute atomic E-state index is 0.0138. The number of ether oxygens (including phenoxy) is 2. The van der Waals surface area contributed by atoms with Crippen molar-refractivity contribution in [3.63, 3.8) is 0 Å². The number of carbonyl (C=O) groups is 5. The van der Waals surface area contributed by atoms with Crippen LogP contribution in [0.25, 0.3) is 0 Å². The smallest absolute Gasteiger partial charge is 0.329 e. The number of fused-ring (bicyclic) bond motifs is 2. The van der Waals surface area contributed by atoms with Gasteiger partial charge in [0.1, 0.15) is 36.0 Å². The summed E-state index contributed by atoms with van der Waals surface area (Å²) in [5.41, 5.74) is 0.396. The predicted molar refractivity (Wildman–Crippen MR) is 227 cm³/mol. The topological polar surface area (TPSA) is 158 Å². The average Bonchev–Trinajstić information content (AvgIpc) is 3.88. The van der Waals surface area contributed by atoms with Gasteiger partial charge in [0.2, 0.25) is 23.6 Å². The number of nitrogens with one attached hydrogen (secondary N) is 1. The van der Waals surface area contributed by atoms with Gasteiger partial charge in [0.05, 0.1) is 24.3 Å². The summed E-state index contributed by atoms with van der Waals surface area (Å²) in [5.74, 6) is -1.06. The largest absolute Gasteiger partial charge is 0.497 e. The van der Waals surface area contributed by atoms with E-state index in [0.29, 0.717) is 56.6 Å². The minimum atomic E-state index is -0.976. The maximum atomic E-state index is 14.6. The van der Waals surface area contributed by atoms with Crippen LogP contribution in [-0.2, 0) is 35.1 Å². The van der Waals surface area contributed by atoms with Crippen molar-refractivity contribution in [3.8, 4) is 5.75 Å². The molecule has 0 aromatic heterocycles. The summed E-state index contributed by atoms with van der Waals surface area (Å²) in [6, 6.07) is 3.51. The fraction of sp³-hybridized carbons (Fsp3) is 0.727. The Balaban J connectivity index is 1.69. The van der Waals surface area contributed by atoms with Crippen LogP contribution in [0.15, 0.2) is 29.3 Å². The summed E-state index contributed by atoms with van der Waals surface area (Å²) < 4.78 is 11.6. The van der Waals surface area contributed by atoms with Crippen LogP contribution >= 0.6 is 11.8 Å². The second kappa shape index (κ2) is 20.5. The second-order valence-electron chi connectivity index (χ2n) is 18.0. The van der Waals surface area contributed by atoms with Crippen LogP contribution in [0.4, 0.5) is 0 Å². The molecule has 13 nitrogen and oxygen atoms in total. The van der Waals surface area contributed by atoms with Gasteiger partial charge in [-0.2, -0.15) is 0 Å². The molecule has 2 N–H and O–H groups in total. The zero-order chi connectivity index (χ0) is 43.1. The van der Waals surface area contributed by atoms with Gasteiger partial charge in [0, 0.05) is 45.2 Å². The number of aliphatic imine (C=N–C) groups is 1. The lowest BCUT2D eigenvalue weighted by Crippen LogP contribution is -2.59. The summed E-state index contributed by atoms with van der Waals surface area (Å²) in [6.07, 6.45) is 2.36. The van der Waals surface area contributed by atoms with E-state index in [1.165, 1.54) is 9.80 Å². The van der Waals surface area contributed by atoms with Crippen LogP contribution in [0.5, 0.6) is 5.75 Å². The summed E-state index contributed by atoms with van der Waals surface area (Å²) in [5, 5.41) is 15.2. The van der Waals surface area contributed by atoms with E-state index >= 15 is 0 Å². The third-order valence-electron chi connectivity index (χ3n) is 12.4. The number of esters is 1. The molecule has 58 heavy (non-hydrogen) atoms. The van der Waals surface area contributed by atoms with E-state index in [1.807, 2.05) is 53.7 Å². The maximum Gasteiger partial charge on any atom is 0.329 e. The van der Waals surface area contributed by atoms with Crippen molar-refractivity contribution >= 4 is 46.4 Å². The molecule has 10 unspecified atom stereocenters. The Hall–Kier alpha value is -3.65. The Kier molecular flexibility index (Phi) is 16.7.